The Kier molecular flexibility index (Phi) is 4.43. The number of anilines is 1. The van der Waals surface area contributed by atoms with E-state index in [1.807, 2.05) is 48.2 Å². The number of pyridine rings is 1. The van der Waals surface area contributed by atoms with Crippen molar-refractivity contribution in [2.24, 2.45) is 0 Å². The molecule has 7 nitrogen and oxygen atoms in total. The van der Waals surface area contributed by atoms with Gasteiger partial charge in [0.25, 0.3) is 0 Å². The summed E-state index contributed by atoms with van der Waals surface area (Å²) < 4.78 is 5.32. The highest BCUT2D eigenvalue weighted by Crippen LogP contribution is 2.20. The third-order valence-electron chi connectivity index (χ3n) is 4.65. The van der Waals surface area contributed by atoms with E-state index < -0.39 is 0 Å². The molecule has 26 heavy (non-hydrogen) atoms. The topological polar surface area (TPSA) is 74.5 Å². The van der Waals surface area contributed by atoms with Gasteiger partial charge >= 0.3 is 6.03 Å². The van der Waals surface area contributed by atoms with Gasteiger partial charge < -0.3 is 19.6 Å². The molecule has 2 aromatic heterocycles. The smallest absolute Gasteiger partial charge is 0.317 e. The third kappa shape index (κ3) is 3.33. The first-order valence-corrected chi connectivity index (χ1v) is 8.74. The molecule has 0 radical (unpaired) electrons. The maximum atomic E-state index is 12.5. The highest BCUT2D eigenvalue weighted by Gasteiger charge is 2.22. The van der Waals surface area contributed by atoms with Crippen molar-refractivity contribution in [2.75, 3.05) is 31.1 Å². The third-order valence-corrected chi connectivity index (χ3v) is 4.65. The number of benzene rings is 1. The second-order valence-electron chi connectivity index (χ2n) is 6.45. The lowest BCUT2D eigenvalue weighted by Crippen LogP contribution is -2.51. The van der Waals surface area contributed by atoms with Crippen LogP contribution in [0, 0.1) is 6.92 Å². The standard InChI is InChI=1S/C19H21N5O2/c1-14-5-6-17-15(12-14)16(22-26-17)13-21-19(25)24-10-8-23(9-11-24)18-4-2-3-7-20-18/h2-7,12H,8-11,13H2,1H3,(H,21,25). The number of urea groups is 1. The molecule has 134 valence electrons. The molecule has 0 atom stereocenters. The Balaban J connectivity index is 1.33. The molecule has 2 amide bonds. The minimum absolute atomic E-state index is 0.0746. The SMILES string of the molecule is Cc1ccc2onc(CNC(=O)N3CCN(c4ccccn4)CC3)c2c1. The van der Waals surface area contributed by atoms with Crippen molar-refractivity contribution in [3.63, 3.8) is 0 Å². The Labute approximate surface area is 151 Å². The van der Waals surface area contributed by atoms with Crippen LogP contribution in [0.25, 0.3) is 11.0 Å². The predicted molar refractivity (Wildman–Crippen MR) is 99.0 cm³/mol. The molecule has 1 saturated heterocycles. The number of amides is 2. The quantitative estimate of drug-likeness (QED) is 0.785. The van der Waals surface area contributed by atoms with Crippen molar-refractivity contribution in [1.29, 1.82) is 0 Å². The minimum atomic E-state index is -0.0746. The van der Waals surface area contributed by atoms with Crippen molar-refractivity contribution < 1.29 is 9.32 Å². The van der Waals surface area contributed by atoms with Crippen LogP contribution in [0.3, 0.4) is 0 Å². The van der Waals surface area contributed by atoms with E-state index >= 15 is 0 Å². The lowest BCUT2D eigenvalue weighted by Gasteiger charge is -2.35. The Morgan fingerprint density at radius 3 is 2.81 bits per heavy atom. The molecule has 3 aromatic rings. The number of nitrogens with zero attached hydrogens (tertiary/aromatic N) is 4. The fraction of sp³-hybridized carbons (Fsp3) is 0.316. The van der Waals surface area contributed by atoms with Crippen LogP contribution in [0.5, 0.6) is 0 Å². The van der Waals surface area contributed by atoms with Gasteiger partial charge in [-0.25, -0.2) is 9.78 Å². The van der Waals surface area contributed by atoms with Gasteiger partial charge in [-0.15, -0.1) is 0 Å². The summed E-state index contributed by atoms with van der Waals surface area (Å²) in [7, 11) is 0. The molecule has 0 saturated carbocycles. The lowest BCUT2D eigenvalue weighted by atomic mass is 10.1. The molecule has 0 unspecified atom stereocenters. The maximum Gasteiger partial charge on any atom is 0.317 e. The predicted octanol–water partition coefficient (Wildman–Crippen LogP) is 2.56. The van der Waals surface area contributed by atoms with Crippen LogP contribution in [0.1, 0.15) is 11.3 Å². The first kappa shape index (κ1) is 16.4. The molecule has 3 heterocycles. The second-order valence-corrected chi connectivity index (χ2v) is 6.45. The Morgan fingerprint density at radius 1 is 1.19 bits per heavy atom. The maximum absolute atomic E-state index is 12.5. The number of carbonyl (C=O) groups is 1. The molecular formula is C19H21N5O2. The van der Waals surface area contributed by atoms with Gasteiger partial charge in [-0.05, 0) is 31.2 Å². The van der Waals surface area contributed by atoms with E-state index in [9.17, 15) is 4.79 Å². The molecule has 1 aliphatic heterocycles. The number of piperazine rings is 1. The summed E-state index contributed by atoms with van der Waals surface area (Å²) in [6, 6.07) is 11.7. The van der Waals surface area contributed by atoms with E-state index in [0.717, 1.165) is 41.1 Å². The van der Waals surface area contributed by atoms with Crippen molar-refractivity contribution in [3.8, 4) is 0 Å². The van der Waals surface area contributed by atoms with E-state index in [2.05, 4.69) is 20.4 Å². The van der Waals surface area contributed by atoms with Gasteiger partial charge in [0.05, 0.1) is 6.54 Å². The summed E-state index contributed by atoms with van der Waals surface area (Å²) in [5, 5.41) is 7.98. The van der Waals surface area contributed by atoms with Gasteiger partial charge in [-0.1, -0.05) is 22.9 Å². The van der Waals surface area contributed by atoms with E-state index in [1.54, 1.807) is 6.20 Å². The summed E-state index contributed by atoms with van der Waals surface area (Å²) >= 11 is 0. The zero-order chi connectivity index (χ0) is 17.9. The first-order valence-electron chi connectivity index (χ1n) is 8.74. The van der Waals surface area contributed by atoms with Crippen LogP contribution in [-0.2, 0) is 6.54 Å². The molecule has 7 heteroatoms. The van der Waals surface area contributed by atoms with Crippen LogP contribution >= 0.6 is 0 Å². The van der Waals surface area contributed by atoms with Gasteiger partial charge in [0.2, 0.25) is 0 Å². The summed E-state index contributed by atoms with van der Waals surface area (Å²) in [6.07, 6.45) is 1.79. The number of carbonyl (C=O) groups excluding carboxylic acids is 1. The van der Waals surface area contributed by atoms with E-state index in [1.165, 1.54) is 0 Å². The Hall–Kier alpha value is -3.09. The highest BCUT2D eigenvalue weighted by atomic mass is 16.5. The highest BCUT2D eigenvalue weighted by molar-refractivity contribution is 5.81. The number of hydrogen-bond acceptors (Lipinski definition) is 5. The first-order chi connectivity index (χ1) is 12.7. The van der Waals surface area contributed by atoms with E-state index in [4.69, 9.17) is 4.52 Å². The average molecular weight is 351 g/mol. The number of aryl methyl sites for hydroxylation is 1. The van der Waals surface area contributed by atoms with Crippen LogP contribution in [0.4, 0.5) is 10.6 Å². The van der Waals surface area contributed by atoms with Gasteiger partial charge in [0.15, 0.2) is 5.58 Å². The molecule has 1 N–H and O–H groups in total. The number of nitrogens with one attached hydrogen (secondary N) is 1. The van der Waals surface area contributed by atoms with Crippen LogP contribution < -0.4 is 10.2 Å². The molecule has 0 spiro atoms. The van der Waals surface area contributed by atoms with Gasteiger partial charge in [0, 0.05) is 37.8 Å². The zero-order valence-corrected chi connectivity index (χ0v) is 14.7. The zero-order valence-electron chi connectivity index (χ0n) is 14.7. The average Bonchev–Trinajstić information content (AvgIpc) is 3.09. The molecule has 1 aromatic carbocycles. The molecule has 4 rings (SSSR count). The van der Waals surface area contributed by atoms with Gasteiger partial charge in [0.1, 0.15) is 11.5 Å². The normalized spacial score (nSPS) is 14.7. The molecule has 1 aliphatic rings. The largest absolute Gasteiger partial charge is 0.356 e. The second kappa shape index (κ2) is 7.03. The van der Waals surface area contributed by atoms with Crippen LogP contribution in [0.15, 0.2) is 47.1 Å². The molecule has 0 aliphatic carbocycles. The summed E-state index contributed by atoms with van der Waals surface area (Å²) in [4.78, 5) is 20.8. The van der Waals surface area contributed by atoms with Crippen LogP contribution in [0.2, 0.25) is 0 Å². The number of rotatable bonds is 3. The fourth-order valence-electron chi connectivity index (χ4n) is 3.18. The van der Waals surface area contributed by atoms with Gasteiger partial charge in [-0.2, -0.15) is 0 Å². The lowest BCUT2D eigenvalue weighted by molar-refractivity contribution is 0.193. The van der Waals surface area contributed by atoms with Crippen molar-refractivity contribution in [2.45, 2.75) is 13.5 Å². The number of fused-ring (bicyclic) bond motifs is 1. The van der Waals surface area contributed by atoms with Crippen molar-refractivity contribution in [3.05, 3.63) is 53.9 Å². The van der Waals surface area contributed by atoms with Gasteiger partial charge in [-0.3, -0.25) is 0 Å². The van der Waals surface area contributed by atoms with E-state index in [0.29, 0.717) is 19.6 Å². The molecule has 0 bridgehead atoms. The van der Waals surface area contributed by atoms with Crippen LogP contribution in [-0.4, -0.2) is 47.3 Å². The fourth-order valence-corrected chi connectivity index (χ4v) is 3.18. The van der Waals surface area contributed by atoms with Crippen molar-refractivity contribution in [1.82, 2.24) is 20.4 Å². The molecular weight excluding hydrogens is 330 g/mol. The summed E-state index contributed by atoms with van der Waals surface area (Å²) in [5.41, 5.74) is 2.63. The summed E-state index contributed by atoms with van der Waals surface area (Å²) in [6.45, 7) is 5.26. The minimum Gasteiger partial charge on any atom is -0.356 e. The van der Waals surface area contributed by atoms with E-state index in [-0.39, 0.29) is 6.03 Å². The van der Waals surface area contributed by atoms with Crippen molar-refractivity contribution >= 4 is 22.8 Å². The number of aromatic nitrogens is 2. The Bertz CT molecular complexity index is 901. The molecule has 1 fully saturated rings. The monoisotopic (exact) mass is 351 g/mol. The number of hydrogen-bond donors (Lipinski definition) is 1. The Morgan fingerprint density at radius 2 is 2.04 bits per heavy atom. The summed E-state index contributed by atoms with van der Waals surface area (Å²) in [5.74, 6) is 0.956.